The molecular formula is C23H13BrCl2FNO3. The number of carbonyl (C=O) groups excluding carboxylic acids is 2. The summed E-state index contributed by atoms with van der Waals surface area (Å²) in [5, 5.41) is 11.5. The molecule has 0 aromatic heterocycles. The molecule has 0 bridgehead atoms. The first kappa shape index (κ1) is 21.6. The van der Waals surface area contributed by atoms with Crippen LogP contribution in [0.2, 0.25) is 10.0 Å². The van der Waals surface area contributed by atoms with Gasteiger partial charge in [0.25, 0.3) is 11.7 Å². The van der Waals surface area contributed by atoms with Crippen LogP contribution in [0.3, 0.4) is 0 Å². The van der Waals surface area contributed by atoms with Gasteiger partial charge in [0.05, 0.1) is 11.6 Å². The van der Waals surface area contributed by atoms with E-state index in [2.05, 4.69) is 15.9 Å². The number of ketones is 1. The summed E-state index contributed by atoms with van der Waals surface area (Å²) in [4.78, 5) is 27.3. The number of Topliss-reactive ketones (excluding diaryl/α,β-unsaturated/α-hetero) is 1. The number of aliphatic hydroxyl groups excluding tert-OH is 1. The molecule has 31 heavy (non-hydrogen) atoms. The van der Waals surface area contributed by atoms with Crippen LogP contribution >= 0.6 is 39.1 Å². The molecule has 156 valence electrons. The van der Waals surface area contributed by atoms with Crippen LogP contribution in [-0.2, 0) is 9.59 Å². The van der Waals surface area contributed by atoms with Crippen molar-refractivity contribution >= 4 is 62.3 Å². The molecule has 0 spiro atoms. The van der Waals surface area contributed by atoms with Gasteiger partial charge in [0, 0.05) is 25.8 Å². The lowest BCUT2D eigenvalue weighted by atomic mass is 9.95. The quantitative estimate of drug-likeness (QED) is 0.243. The molecule has 1 fully saturated rings. The fourth-order valence-corrected chi connectivity index (χ4v) is 4.28. The second kappa shape index (κ2) is 8.46. The van der Waals surface area contributed by atoms with Crippen molar-refractivity contribution in [3.05, 3.63) is 104 Å². The van der Waals surface area contributed by atoms with Crippen molar-refractivity contribution in [1.29, 1.82) is 0 Å². The average molecular weight is 521 g/mol. The minimum atomic E-state index is -1.00. The number of anilines is 1. The minimum absolute atomic E-state index is 0.116. The van der Waals surface area contributed by atoms with Gasteiger partial charge in [0.15, 0.2) is 0 Å². The molecule has 1 unspecified atom stereocenters. The summed E-state index contributed by atoms with van der Waals surface area (Å²) in [6.07, 6.45) is 0. The van der Waals surface area contributed by atoms with Crippen LogP contribution in [0.25, 0.3) is 5.76 Å². The lowest BCUT2D eigenvalue weighted by molar-refractivity contribution is -0.132. The highest BCUT2D eigenvalue weighted by atomic mass is 79.9. The van der Waals surface area contributed by atoms with Gasteiger partial charge in [-0.15, -0.1) is 0 Å². The Morgan fingerprint density at radius 2 is 1.52 bits per heavy atom. The van der Waals surface area contributed by atoms with Crippen molar-refractivity contribution in [1.82, 2.24) is 0 Å². The fraction of sp³-hybridized carbons (Fsp3) is 0.0435. The number of aliphatic hydroxyl groups is 1. The molecule has 1 aliphatic heterocycles. The second-order valence-electron chi connectivity index (χ2n) is 6.86. The summed E-state index contributed by atoms with van der Waals surface area (Å²) < 4.78 is 14.3. The molecule has 0 radical (unpaired) electrons. The minimum Gasteiger partial charge on any atom is -0.507 e. The zero-order chi connectivity index (χ0) is 22.3. The van der Waals surface area contributed by atoms with E-state index in [0.29, 0.717) is 11.1 Å². The Morgan fingerprint density at radius 1 is 0.935 bits per heavy atom. The van der Waals surface area contributed by atoms with E-state index in [1.54, 1.807) is 24.3 Å². The zero-order valence-electron chi connectivity index (χ0n) is 15.7. The van der Waals surface area contributed by atoms with Gasteiger partial charge in [0.2, 0.25) is 0 Å². The molecule has 4 nitrogen and oxygen atoms in total. The Balaban J connectivity index is 1.96. The normalized spacial score (nSPS) is 17.9. The summed E-state index contributed by atoms with van der Waals surface area (Å²) in [5.74, 6) is -2.53. The van der Waals surface area contributed by atoms with E-state index in [4.69, 9.17) is 23.2 Å². The number of carbonyl (C=O) groups is 2. The van der Waals surface area contributed by atoms with Crippen molar-refractivity contribution in [2.75, 3.05) is 4.90 Å². The summed E-state index contributed by atoms with van der Waals surface area (Å²) in [5.41, 5.74) is 0.964. The second-order valence-corrected chi connectivity index (χ2v) is 8.64. The molecule has 1 heterocycles. The van der Waals surface area contributed by atoms with E-state index in [9.17, 15) is 19.1 Å². The molecular weight excluding hydrogens is 508 g/mol. The lowest BCUT2D eigenvalue weighted by Crippen LogP contribution is -2.29. The predicted octanol–water partition coefficient (Wildman–Crippen LogP) is 6.52. The van der Waals surface area contributed by atoms with Crippen LogP contribution in [0.1, 0.15) is 17.2 Å². The number of rotatable bonds is 3. The predicted molar refractivity (Wildman–Crippen MR) is 122 cm³/mol. The number of amides is 1. The maximum Gasteiger partial charge on any atom is 0.300 e. The molecule has 0 aliphatic carbocycles. The molecule has 1 aliphatic rings. The van der Waals surface area contributed by atoms with Crippen molar-refractivity contribution in [2.45, 2.75) is 6.04 Å². The van der Waals surface area contributed by atoms with E-state index in [1.165, 1.54) is 47.4 Å². The highest BCUT2D eigenvalue weighted by Gasteiger charge is 2.47. The third-order valence-electron chi connectivity index (χ3n) is 4.87. The monoisotopic (exact) mass is 519 g/mol. The summed E-state index contributed by atoms with van der Waals surface area (Å²) in [6.45, 7) is 0. The van der Waals surface area contributed by atoms with E-state index < -0.39 is 23.5 Å². The SMILES string of the molecule is O=C1C(=O)N(c2cc(Cl)cc(Cl)c2)C(c2ccc(F)cc2)/C1=C(\O)c1ccc(Br)cc1. The standard InChI is InChI=1S/C23H13BrCl2FNO3/c24-14-5-1-13(2-6-14)21(29)19-20(12-3-7-17(27)8-4-12)28(23(31)22(19)30)18-10-15(25)9-16(26)11-18/h1-11,20,29H/b21-19+. The first-order valence-corrected chi connectivity index (χ1v) is 10.6. The number of benzene rings is 3. The molecule has 1 N–H and O–H groups in total. The largest absolute Gasteiger partial charge is 0.507 e. The van der Waals surface area contributed by atoms with Crippen LogP contribution in [0.5, 0.6) is 0 Å². The molecule has 3 aromatic carbocycles. The van der Waals surface area contributed by atoms with Gasteiger partial charge >= 0.3 is 0 Å². The van der Waals surface area contributed by atoms with Crippen LogP contribution in [0.4, 0.5) is 10.1 Å². The summed E-state index contributed by atoms with van der Waals surface area (Å²) >= 11 is 15.5. The van der Waals surface area contributed by atoms with Gasteiger partial charge < -0.3 is 5.11 Å². The summed E-state index contributed by atoms with van der Waals surface area (Å²) in [7, 11) is 0. The van der Waals surface area contributed by atoms with Gasteiger partial charge in [-0.1, -0.05) is 63.4 Å². The maximum absolute atomic E-state index is 13.6. The third kappa shape index (κ3) is 4.11. The van der Waals surface area contributed by atoms with Gasteiger partial charge in [-0.2, -0.15) is 0 Å². The van der Waals surface area contributed by atoms with E-state index in [1.807, 2.05) is 0 Å². The van der Waals surface area contributed by atoms with Crippen LogP contribution < -0.4 is 4.90 Å². The average Bonchev–Trinajstić information content (AvgIpc) is 2.99. The van der Waals surface area contributed by atoms with Crippen LogP contribution in [0.15, 0.2) is 76.8 Å². The first-order chi connectivity index (χ1) is 14.8. The van der Waals surface area contributed by atoms with Crippen molar-refractivity contribution in [2.24, 2.45) is 0 Å². The molecule has 3 aromatic rings. The van der Waals surface area contributed by atoms with Gasteiger partial charge in [-0.3, -0.25) is 14.5 Å². The number of hydrogen-bond donors (Lipinski definition) is 1. The molecule has 1 atom stereocenters. The van der Waals surface area contributed by atoms with Gasteiger partial charge in [0.1, 0.15) is 11.6 Å². The van der Waals surface area contributed by atoms with Crippen molar-refractivity contribution in [3.63, 3.8) is 0 Å². The number of nitrogens with zero attached hydrogens (tertiary/aromatic N) is 1. The van der Waals surface area contributed by atoms with Crippen LogP contribution in [0, 0.1) is 5.82 Å². The lowest BCUT2D eigenvalue weighted by Gasteiger charge is -2.25. The molecule has 0 saturated carbocycles. The molecule has 4 rings (SSSR count). The molecule has 8 heteroatoms. The first-order valence-electron chi connectivity index (χ1n) is 9.05. The van der Waals surface area contributed by atoms with Gasteiger partial charge in [-0.05, 0) is 48.0 Å². The van der Waals surface area contributed by atoms with Gasteiger partial charge in [-0.25, -0.2) is 4.39 Å². The Labute approximate surface area is 195 Å². The molecule has 1 amide bonds. The van der Waals surface area contributed by atoms with E-state index in [0.717, 1.165) is 4.47 Å². The van der Waals surface area contributed by atoms with Crippen molar-refractivity contribution < 1.29 is 19.1 Å². The van der Waals surface area contributed by atoms with E-state index >= 15 is 0 Å². The Kier molecular flexibility index (Phi) is 5.88. The Hall–Kier alpha value is -2.67. The summed E-state index contributed by atoms with van der Waals surface area (Å²) in [6, 6.07) is 15.5. The highest BCUT2D eigenvalue weighted by molar-refractivity contribution is 9.10. The topological polar surface area (TPSA) is 57.6 Å². The Bertz CT molecular complexity index is 1210. The Morgan fingerprint density at radius 3 is 2.10 bits per heavy atom. The smallest absolute Gasteiger partial charge is 0.300 e. The highest BCUT2D eigenvalue weighted by Crippen LogP contribution is 2.43. The number of halogens is 4. The fourth-order valence-electron chi connectivity index (χ4n) is 3.50. The maximum atomic E-state index is 13.6. The third-order valence-corrected chi connectivity index (χ3v) is 5.84. The van der Waals surface area contributed by atoms with Crippen molar-refractivity contribution in [3.8, 4) is 0 Å². The zero-order valence-corrected chi connectivity index (χ0v) is 18.7. The number of hydrogen-bond acceptors (Lipinski definition) is 3. The molecule has 1 saturated heterocycles. The van der Waals surface area contributed by atoms with E-state index in [-0.39, 0.29) is 27.1 Å². The van der Waals surface area contributed by atoms with Crippen LogP contribution in [-0.4, -0.2) is 16.8 Å².